The van der Waals surface area contributed by atoms with Crippen molar-refractivity contribution in [1.82, 2.24) is 4.98 Å². The number of aromatic nitrogens is 1. The summed E-state index contributed by atoms with van der Waals surface area (Å²) in [6.07, 6.45) is 4.89. The Kier molecular flexibility index (Phi) is 6.09. The van der Waals surface area contributed by atoms with Crippen LogP contribution in [0.25, 0.3) is 22.6 Å². The zero-order chi connectivity index (χ0) is 23.7. The van der Waals surface area contributed by atoms with Crippen molar-refractivity contribution >= 4 is 63.3 Å². The maximum Gasteiger partial charge on any atom is 0.339 e. The van der Waals surface area contributed by atoms with Gasteiger partial charge in [0.2, 0.25) is 0 Å². The molecule has 0 saturated carbocycles. The molecule has 4 aromatic rings. The molecule has 170 valence electrons. The van der Waals surface area contributed by atoms with E-state index in [-0.39, 0.29) is 5.69 Å². The molecule has 1 N–H and O–H groups in total. The highest BCUT2D eigenvalue weighted by molar-refractivity contribution is 6.39. The fraction of sp³-hybridized carbons (Fsp3) is 0.115. The molecule has 1 aliphatic rings. The zero-order valence-electron chi connectivity index (χ0n) is 17.8. The van der Waals surface area contributed by atoms with Crippen molar-refractivity contribution in [2.75, 3.05) is 11.9 Å². The van der Waals surface area contributed by atoms with Crippen LogP contribution in [0.3, 0.4) is 0 Å². The minimum Gasteiger partial charge on any atom is -0.465 e. The van der Waals surface area contributed by atoms with Crippen LogP contribution in [-0.4, -0.2) is 23.5 Å². The topological polar surface area (TPSA) is 81.4 Å². The average molecular weight is 493 g/mol. The van der Waals surface area contributed by atoms with Gasteiger partial charge in [-0.1, -0.05) is 47.5 Å². The Morgan fingerprint density at radius 2 is 1.82 bits per heavy atom. The Bertz CT molecular complexity index is 1420. The molecule has 8 heteroatoms. The van der Waals surface area contributed by atoms with Gasteiger partial charge in [-0.05, 0) is 60.4 Å². The van der Waals surface area contributed by atoms with E-state index in [1.165, 1.54) is 0 Å². The van der Waals surface area contributed by atoms with Gasteiger partial charge in [-0.3, -0.25) is 4.79 Å². The third kappa shape index (κ3) is 4.30. The minimum atomic E-state index is -0.588. The summed E-state index contributed by atoms with van der Waals surface area (Å²) in [6, 6.07) is 16.0. The minimum absolute atomic E-state index is 0.273. The lowest BCUT2D eigenvalue weighted by Gasteiger charge is -2.13. The molecule has 0 unspecified atom stereocenters. The van der Waals surface area contributed by atoms with E-state index in [0.29, 0.717) is 39.4 Å². The lowest BCUT2D eigenvalue weighted by atomic mass is 10.0. The largest absolute Gasteiger partial charge is 0.465 e. The smallest absolute Gasteiger partial charge is 0.339 e. The van der Waals surface area contributed by atoms with E-state index in [4.69, 9.17) is 37.3 Å². The fourth-order valence-electron chi connectivity index (χ4n) is 4.05. The summed E-state index contributed by atoms with van der Waals surface area (Å²) in [5, 5.41) is 3.86. The van der Waals surface area contributed by atoms with Gasteiger partial charge >= 0.3 is 5.97 Å². The van der Waals surface area contributed by atoms with Gasteiger partial charge < -0.3 is 14.5 Å². The van der Waals surface area contributed by atoms with Crippen LogP contribution in [-0.2, 0) is 16.0 Å². The van der Waals surface area contributed by atoms with E-state index >= 15 is 0 Å². The number of nitrogens with zero attached hydrogens (tertiary/aromatic N) is 1. The van der Waals surface area contributed by atoms with E-state index in [9.17, 15) is 9.59 Å². The molecular formula is C26H18Cl2N2O4. The molecule has 0 atom stereocenters. The lowest BCUT2D eigenvalue weighted by molar-refractivity contribution is -0.119. The fourth-order valence-corrected chi connectivity index (χ4v) is 4.55. The van der Waals surface area contributed by atoms with Crippen LogP contribution >= 0.6 is 23.2 Å². The standard InChI is InChI=1S/C26H18Cl2N2O4/c27-19-7-3-8-20(28)25(19)30-22(31)14-34-26(32)23-17-6-1-2-9-21(17)29-24-15(10-11-18(23)24)13-16-5-4-12-33-16/h1-9,12-13H,10-11,14H2,(H,30,31). The van der Waals surface area contributed by atoms with Gasteiger partial charge in [0.05, 0.1) is 38.8 Å². The van der Waals surface area contributed by atoms with E-state index in [2.05, 4.69) is 5.32 Å². The molecule has 0 saturated heterocycles. The second-order valence-electron chi connectivity index (χ2n) is 7.74. The summed E-state index contributed by atoms with van der Waals surface area (Å²) in [4.78, 5) is 30.5. The molecule has 2 aromatic carbocycles. The number of rotatable bonds is 5. The number of benzene rings is 2. The van der Waals surface area contributed by atoms with Crippen LogP contribution in [0.15, 0.2) is 65.3 Å². The summed E-state index contributed by atoms with van der Waals surface area (Å²) < 4.78 is 10.9. The maximum absolute atomic E-state index is 13.2. The highest BCUT2D eigenvalue weighted by atomic mass is 35.5. The van der Waals surface area contributed by atoms with Crippen molar-refractivity contribution < 1.29 is 18.7 Å². The number of halogens is 2. The number of allylic oxidation sites excluding steroid dienone is 1. The van der Waals surface area contributed by atoms with Crippen LogP contribution < -0.4 is 5.32 Å². The molecule has 0 radical (unpaired) electrons. The Morgan fingerprint density at radius 1 is 1.03 bits per heavy atom. The molecule has 6 nitrogen and oxygen atoms in total. The molecule has 34 heavy (non-hydrogen) atoms. The van der Waals surface area contributed by atoms with E-state index < -0.39 is 18.5 Å². The first-order valence-corrected chi connectivity index (χ1v) is 11.3. The monoisotopic (exact) mass is 492 g/mol. The Hall–Kier alpha value is -3.61. The number of carbonyl (C=O) groups is 2. The van der Waals surface area contributed by atoms with Gasteiger partial charge in [-0.2, -0.15) is 0 Å². The van der Waals surface area contributed by atoms with Crippen molar-refractivity contribution in [1.29, 1.82) is 0 Å². The quantitative estimate of drug-likeness (QED) is 0.325. The van der Waals surface area contributed by atoms with Gasteiger partial charge in [0.15, 0.2) is 6.61 Å². The van der Waals surface area contributed by atoms with Crippen molar-refractivity contribution in [2.24, 2.45) is 0 Å². The van der Waals surface area contributed by atoms with E-state index in [1.807, 2.05) is 42.5 Å². The molecule has 0 fully saturated rings. The summed E-state index contributed by atoms with van der Waals surface area (Å²) in [5.41, 5.74) is 3.90. The Balaban J connectivity index is 1.43. The van der Waals surface area contributed by atoms with Crippen molar-refractivity contribution in [3.8, 4) is 0 Å². The number of furan rings is 1. The number of anilines is 1. The molecule has 0 aliphatic heterocycles. The molecule has 0 spiro atoms. The van der Waals surface area contributed by atoms with Gasteiger partial charge in [-0.15, -0.1) is 0 Å². The normalized spacial score (nSPS) is 13.8. The van der Waals surface area contributed by atoms with Crippen molar-refractivity contribution in [2.45, 2.75) is 12.8 Å². The number of carbonyl (C=O) groups excluding carboxylic acids is 2. The Morgan fingerprint density at radius 3 is 2.59 bits per heavy atom. The Labute approximate surface area is 205 Å². The summed E-state index contributed by atoms with van der Waals surface area (Å²) in [5.74, 6) is -0.414. The highest BCUT2D eigenvalue weighted by Crippen LogP contribution is 2.38. The number of esters is 1. The van der Waals surface area contributed by atoms with Crippen LogP contribution in [0, 0.1) is 0 Å². The average Bonchev–Trinajstić information content (AvgIpc) is 3.49. The van der Waals surface area contributed by atoms with E-state index in [1.54, 1.807) is 24.5 Å². The number of fused-ring (bicyclic) bond motifs is 2. The summed E-state index contributed by atoms with van der Waals surface area (Å²) >= 11 is 12.2. The van der Waals surface area contributed by atoms with Gasteiger partial charge in [0, 0.05) is 5.39 Å². The number of ether oxygens (including phenoxy) is 1. The molecule has 0 bridgehead atoms. The zero-order valence-corrected chi connectivity index (χ0v) is 19.3. The highest BCUT2D eigenvalue weighted by Gasteiger charge is 2.28. The third-order valence-electron chi connectivity index (χ3n) is 5.57. The first-order chi connectivity index (χ1) is 16.5. The molecule has 2 heterocycles. The van der Waals surface area contributed by atoms with Crippen LogP contribution in [0.1, 0.15) is 33.8 Å². The number of nitrogens with one attached hydrogen (secondary N) is 1. The second-order valence-corrected chi connectivity index (χ2v) is 8.55. The number of amides is 1. The lowest BCUT2D eigenvalue weighted by Crippen LogP contribution is -2.22. The van der Waals surface area contributed by atoms with E-state index in [0.717, 1.165) is 22.6 Å². The van der Waals surface area contributed by atoms with Crippen LogP contribution in [0.4, 0.5) is 5.69 Å². The number of para-hydroxylation sites is 2. The number of pyridine rings is 1. The molecule has 2 aromatic heterocycles. The van der Waals surface area contributed by atoms with Gasteiger partial charge in [-0.25, -0.2) is 9.78 Å². The molecular weight excluding hydrogens is 475 g/mol. The first-order valence-electron chi connectivity index (χ1n) is 10.6. The third-order valence-corrected chi connectivity index (χ3v) is 6.20. The number of hydrogen-bond acceptors (Lipinski definition) is 5. The van der Waals surface area contributed by atoms with Gasteiger partial charge in [0.1, 0.15) is 5.76 Å². The molecule has 1 amide bonds. The van der Waals surface area contributed by atoms with Gasteiger partial charge in [0.25, 0.3) is 5.91 Å². The molecule has 5 rings (SSSR count). The van der Waals surface area contributed by atoms with Crippen molar-refractivity contribution in [3.63, 3.8) is 0 Å². The van der Waals surface area contributed by atoms with Crippen molar-refractivity contribution in [3.05, 3.63) is 93.5 Å². The number of hydrogen-bond donors (Lipinski definition) is 1. The van der Waals surface area contributed by atoms with Crippen LogP contribution in [0.2, 0.25) is 10.0 Å². The maximum atomic E-state index is 13.2. The summed E-state index contributed by atoms with van der Waals surface area (Å²) in [7, 11) is 0. The predicted octanol–water partition coefficient (Wildman–Crippen LogP) is 6.42. The SMILES string of the molecule is O=C(COC(=O)c1c2c(nc3ccccc13)C(=Cc1ccco1)CC2)Nc1c(Cl)cccc1Cl. The van der Waals surface area contributed by atoms with Crippen LogP contribution in [0.5, 0.6) is 0 Å². The second kappa shape index (κ2) is 9.33. The summed E-state index contributed by atoms with van der Waals surface area (Å²) in [6.45, 7) is -0.485. The molecule has 1 aliphatic carbocycles. The first kappa shape index (κ1) is 22.2. The predicted molar refractivity (Wildman–Crippen MR) is 132 cm³/mol.